The Morgan fingerprint density at radius 1 is 1.42 bits per heavy atom. The first kappa shape index (κ1) is 12.2. The van der Waals surface area contributed by atoms with Gasteiger partial charge < -0.3 is 9.47 Å². The fourth-order valence-electron chi connectivity index (χ4n) is 2.90. The third-order valence-electron chi connectivity index (χ3n) is 3.91. The van der Waals surface area contributed by atoms with E-state index in [9.17, 15) is 10.1 Å². The Balaban J connectivity index is 1.90. The van der Waals surface area contributed by atoms with E-state index in [0.29, 0.717) is 5.92 Å². The largest absolute Gasteiger partial charge is 0.347 e. The molecule has 1 saturated heterocycles. The summed E-state index contributed by atoms with van der Waals surface area (Å²) in [4.78, 5) is 12.9. The summed E-state index contributed by atoms with van der Waals surface area (Å²) in [5.41, 5.74) is 1.12. The molecule has 2 aromatic rings. The molecule has 2 heterocycles. The van der Waals surface area contributed by atoms with Crippen LogP contribution in [-0.4, -0.2) is 34.5 Å². The average Bonchev–Trinajstić information content (AvgIpc) is 2.96. The zero-order valence-corrected chi connectivity index (χ0v) is 11.0. The van der Waals surface area contributed by atoms with Gasteiger partial charge in [0.1, 0.15) is 0 Å². The van der Waals surface area contributed by atoms with Crippen LogP contribution in [0.2, 0.25) is 0 Å². The number of non-ortho nitro benzene ring substituents is 1. The zero-order chi connectivity index (χ0) is 13.4. The summed E-state index contributed by atoms with van der Waals surface area (Å²) < 4.78 is 2.14. The smallest absolute Gasteiger partial charge is 0.271 e. The fourth-order valence-corrected chi connectivity index (χ4v) is 2.90. The number of benzene rings is 1. The summed E-state index contributed by atoms with van der Waals surface area (Å²) in [5, 5.41) is 11.9. The van der Waals surface area contributed by atoms with Crippen LogP contribution >= 0.6 is 0 Å². The number of hydrogen-bond donors (Lipinski definition) is 0. The average molecular weight is 259 g/mol. The lowest BCUT2D eigenvalue weighted by atomic mass is 10.1. The molecule has 0 spiro atoms. The van der Waals surface area contributed by atoms with Crippen molar-refractivity contribution in [2.75, 3.05) is 20.1 Å². The maximum atomic E-state index is 10.9. The van der Waals surface area contributed by atoms with Crippen molar-refractivity contribution < 1.29 is 4.92 Å². The van der Waals surface area contributed by atoms with E-state index < -0.39 is 0 Å². The Morgan fingerprint density at radius 3 is 2.95 bits per heavy atom. The Morgan fingerprint density at radius 2 is 2.26 bits per heavy atom. The van der Waals surface area contributed by atoms with Gasteiger partial charge in [-0.1, -0.05) is 0 Å². The number of likely N-dealkylation sites (tertiary alicyclic amines) is 1. The number of fused-ring (bicyclic) bond motifs is 1. The van der Waals surface area contributed by atoms with Crippen molar-refractivity contribution in [1.29, 1.82) is 0 Å². The van der Waals surface area contributed by atoms with Gasteiger partial charge >= 0.3 is 0 Å². The second kappa shape index (κ2) is 4.66. The van der Waals surface area contributed by atoms with Crippen molar-refractivity contribution in [2.24, 2.45) is 5.92 Å². The molecule has 3 rings (SSSR count). The zero-order valence-electron chi connectivity index (χ0n) is 11.0. The molecule has 1 fully saturated rings. The molecular formula is C14H17N3O2. The molecule has 0 saturated carbocycles. The molecular weight excluding hydrogens is 242 g/mol. The predicted molar refractivity (Wildman–Crippen MR) is 74.2 cm³/mol. The Hall–Kier alpha value is -1.88. The van der Waals surface area contributed by atoms with E-state index in [1.807, 2.05) is 18.3 Å². The third kappa shape index (κ3) is 2.33. The molecule has 1 aliphatic rings. The number of hydrogen-bond acceptors (Lipinski definition) is 3. The van der Waals surface area contributed by atoms with E-state index in [-0.39, 0.29) is 10.6 Å². The normalized spacial score (nSPS) is 20.2. The van der Waals surface area contributed by atoms with Crippen molar-refractivity contribution in [3.8, 4) is 0 Å². The topological polar surface area (TPSA) is 51.3 Å². The minimum atomic E-state index is -0.333. The standard InChI is InChI=1S/C14H17N3O2/c1-15-6-4-11(9-15)10-16-7-5-12-2-3-13(17(18)19)8-14(12)16/h2-3,5,7-8,11H,4,6,9-10H2,1H3. The predicted octanol–water partition coefficient (Wildman–Crippen LogP) is 2.50. The summed E-state index contributed by atoms with van der Waals surface area (Å²) in [6.45, 7) is 3.19. The van der Waals surface area contributed by atoms with E-state index in [4.69, 9.17) is 0 Å². The van der Waals surface area contributed by atoms with Crippen LogP contribution in [0.3, 0.4) is 0 Å². The van der Waals surface area contributed by atoms with Gasteiger partial charge in [-0.05, 0) is 38.1 Å². The highest BCUT2D eigenvalue weighted by Gasteiger charge is 2.20. The van der Waals surface area contributed by atoms with Gasteiger partial charge in [-0.15, -0.1) is 0 Å². The third-order valence-corrected chi connectivity index (χ3v) is 3.91. The van der Waals surface area contributed by atoms with Crippen LogP contribution in [0, 0.1) is 16.0 Å². The molecule has 5 heteroatoms. The van der Waals surface area contributed by atoms with Gasteiger partial charge in [0.05, 0.1) is 10.4 Å². The van der Waals surface area contributed by atoms with Crippen LogP contribution in [0.25, 0.3) is 10.9 Å². The highest BCUT2D eigenvalue weighted by molar-refractivity contribution is 5.82. The SMILES string of the molecule is CN1CCC(Cn2ccc3ccc([N+](=O)[O-])cc32)C1. The van der Waals surface area contributed by atoms with Crippen LogP contribution < -0.4 is 0 Å². The van der Waals surface area contributed by atoms with Gasteiger partial charge in [-0.3, -0.25) is 10.1 Å². The van der Waals surface area contributed by atoms with Crippen LogP contribution in [0.4, 0.5) is 5.69 Å². The highest BCUT2D eigenvalue weighted by atomic mass is 16.6. The highest BCUT2D eigenvalue weighted by Crippen LogP contribution is 2.24. The van der Waals surface area contributed by atoms with Gasteiger partial charge in [0.25, 0.3) is 5.69 Å². The Bertz CT molecular complexity index is 620. The fraction of sp³-hybridized carbons (Fsp3) is 0.429. The molecule has 1 aliphatic heterocycles. The molecule has 1 aromatic heterocycles. The van der Waals surface area contributed by atoms with Crippen LogP contribution in [0.1, 0.15) is 6.42 Å². The van der Waals surface area contributed by atoms with Gasteiger partial charge in [0.2, 0.25) is 0 Å². The maximum Gasteiger partial charge on any atom is 0.271 e. The van der Waals surface area contributed by atoms with E-state index in [0.717, 1.165) is 30.5 Å². The second-order valence-electron chi connectivity index (χ2n) is 5.39. The van der Waals surface area contributed by atoms with Crippen molar-refractivity contribution in [2.45, 2.75) is 13.0 Å². The van der Waals surface area contributed by atoms with Crippen molar-refractivity contribution >= 4 is 16.6 Å². The number of rotatable bonds is 3. The summed E-state index contributed by atoms with van der Waals surface area (Å²) in [6, 6.07) is 7.09. The van der Waals surface area contributed by atoms with Crippen LogP contribution in [0.5, 0.6) is 0 Å². The molecule has 1 atom stereocenters. The lowest BCUT2D eigenvalue weighted by Crippen LogP contribution is -2.16. The monoisotopic (exact) mass is 259 g/mol. The summed E-state index contributed by atoms with van der Waals surface area (Å²) in [5.74, 6) is 0.639. The van der Waals surface area contributed by atoms with Gasteiger partial charge in [-0.25, -0.2) is 0 Å². The molecule has 0 aliphatic carbocycles. The first-order valence-electron chi connectivity index (χ1n) is 6.55. The van der Waals surface area contributed by atoms with Crippen LogP contribution in [-0.2, 0) is 6.54 Å². The molecule has 19 heavy (non-hydrogen) atoms. The van der Waals surface area contributed by atoms with Crippen molar-refractivity contribution in [1.82, 2.24) is 9.47 Å². The molecule has 0 N–H and O–H groups in total. The lowest BCUT2D eigenvalue weighted by molar-refractivity contribution is -0.384. The summed E-state index contributed by atoms with van der Waals surface area (Å²) in [7, 11) is 2.14. The Labute approximate surface area is 111 Å². The molecule has 0 bridgehead atoms. The molecule has 5 nitrogen and oxygen atoms in total. The number of nitro groups is 1. The number of nitro benzene ring substituents is 1. The molecule has 0 amide bonds. The van der Waals surface area contributed by atoms with Crippen LogP contribution in [0.15, 0.2) is 30.5 Å². The molecule has 1 unspecified atom stereocenters. The maximum absolute atomic E-state index is 10.9. The van der Waals surface area contributed by atoms with Crippen molar-refractivity contribution in [3.63, 3.8) is 0 Å². The van der Waals surface area contributed by atoms with E-state index >= 15 is 0 Å². The Kier molecular flexibility index (Phi) is 2.98. The van der Waals surface area contributed by atoms with E-state index in [2.05, 4.69) is 16.5 Å². The summed E-state index contributed by atoms with van der Waals surface area (Å²) in [6.07, 6.45) is 3.23. The first-order chi connectivity index (χ1) is 9.13. The minimum Gasteiger partial charge on any atom is -0.347 e. The lowest BCUT2D eigenvalue weighted by Gasteiger charge is -2.12. The molecule has 1 aromatic carbocycles. The quantitative estimate of drug-likeness (QED) is 0.628. The van der Waals surface area contributed by atoms with Gasteiger partial charge in [0.15, 0.2) is 0 Å². The van der Waals surface area contributed by atoms with E-state index in [1.54, 1.807) is 12.1 Å². The minimum absolute atomic E-state index is 0.163. The van der Waals surface area contributed by atoms with Gasteiger partial charge in [0, 0.05) is 36.8 Å². The number of aromatic nitrogens is 1. The van der Waals surface area contributed by atoms with E-state index in [1.165, 1.54) is 6.42 Å². The molecule has 0 radical (unpaired) electrons. The second-order valence-corrected chi connectivity index (χ2v) is 5.39. The van der Waals surface area contributed by atoms with Crippen molar-refractivity contribution in [3.05, 3.63) is 40.6 Å². The number of nitrogens with zero attached hydrogens (tertiary/aromatic N) is 3. The van der Waals surface area contributed by atoms with Gasteiger partial charge in [-0.2, -0.15) is 0 Å². The molecule has 100 valence electrons. The summed E-state index contributed by atoms with van der Waals surface area (Å²) >= 11 is 0. The first-order valence-corrected chi connectivity index (χ1v) is 6.55.